The van der Waals surface area contributed by atoms with Gasteiger partial charge in [0, 0.05) is 18.9 Å². The fraction of sp³-hybridized carbons (Fsp3) is 0.118. The fourth-order valence-corrected chi connectivity index (χ4v) is 3.35. The normalized spacial score (nSPS) is 11.8. The molecular formula is C17H12F3N5S. The molecule has 4 aromatic rings. The summed E-state index contributed by atoms with van der Waals surface area (Å²) in [5.41, 5.74) is 0.992. The summed E-state index contributed by atoms with van der Waals surface area (Å²) < 4.78 is 40.7. The van der Waals surface area contributed by atoms with Crippen molar-refractivity contribution in [3.05, 3.63) is 65.3 Å². The molecule has 3 aromatic heterocycles. The molecule has 26 heavy (non-hydrogen) atoms. The lowest BCUT2D eigenvalue weighted by molar-refractivity contribution is -0.134. The van der Waals surface area contributed by atoms with Gasteiger partial charge in [-0.2, -0.15) is 28.2 Å². The maximum Gasteiger partial charge on any atom is 0.425 e. The van der Waals surface area contributed by atoms with Gasteiger partial charge in [0.15, 0.2) is 0 Å². The first-order valence-corrected chi connectivity index (χ1v) is 8.49. The molecule has 0 saturated heterocycles. The van der Waals surface area contributed by atoms with Crippen LogP contribution in [0.4, 0.5) is 19.0 Å². The molecule has 0 aliphatic carbocycles. The van der Waals surface area contributed by atoms with Crippen LogP contribution in [0.25, 0.3) is 16.2 Å². The maximum atomic E-state index is 13.1. The predicted molar refractivity (Wildman–Crippen MR) is 93.3 cm³/mol. The highest BCUT2D eigenvalue weighted by molar-refractivity contribution is 7.18. The van der Waals surface area contributed by atoms with Crippen LogP contribution in [0.2, 0.25) is 0 Å². The molecule has 0 saturated carbocycles. The topological polar surface area (TPSA) is 55.6 Å². The van der Waals surface area contributed by atoms with Crippen LogP contribution >= 0.6 is 11.3 Å². The van der Waals surface area contributed by atoms with Crippen molar-refractivity contribution in [2.75, 3.05) is 5.32 Å². The van der Waals surface area contributed by atoms with E-state index >= 15 is 0 Å². The first kappa shape index (κ1) is 16.5. The molecule has 0 aliphatic heterocycles. The summed E-state index contributed by atoms with van der Waals surface area (Å²) in [6.45, 7) is 0.433. The second-order valence-electron chi connectivity index (χ2n) is 5.49. The molecule has 0 fully saturated rings. The van der Waals surface area contributed by atoms with Crippen LogP contribution in [0.3, 0.4) is 0 Å². The second kappa shape index (κ2) is 6.41. The van der Waals surface area contributed by atoms with E-state index in [2.05, 4.69) is 20.4 Å². The van der Waals surface area contributed by atoms with E-state index in [9.17, 15) is 13.2 Å². The first-order valence-electron chi connectivity index (χ1n) is 7.67. The quantitative estimate of drug-likeness (QED) is 0.570. The molecule has 0 unspecified atom stereocenters. The highest BCUT2D eigenvalue weighted by Crippen LogP contribution is 2.39. The van der Waals surface area contributed by atoms with Gasteiger partial charge >= 0.3 is 6.18 Å². The molecule has 0 aliphatic rings. The van der Waals surface area contributed by atoms with Crippen LogP contribution in [0.1, 0.15) is 10.4 Å². The second-order valence-corrected chi connectivity index (χ2v) is 6.52. The zero-order valence-corrected chi connectivity index (χ0v) is 14.1. The van der Waals surface area contributed by atoms with Crippen molar-refractivity contribution >= 4 is 27.4 Å². The third-order valence-electron chi connectivity index (χ3n) is 3.67. The average molecular weight is 375 g/mol. The van der Waals surface area contributed by atoms with Gasteiger partial charge in [0.2, 0.25) is 0 Å². The summed E-state index contributed by atoms with van der Waals surface area (Å²) in [6.07, 6.45) is -1.23. The van der Waals surface area contributed by atoms with Gasteiger partial charge in [-0.15, -0.1) is 11.3 Å². The van der Waals surface area contributed by atoms with Crippen LogP contribution in [0, 0.1) is 0 Å². The Kier molecular flexibility index (Phi) is 4.08. The zero-order chi connectivity index (χ0) is 18.1. The number of rotatable bonds is 4. The van der Waals surface area contributed by atoms with Gasteiger partial charge in [-0.3, -0.25) is 0 Å². The third-order valence-corrected chi connectivity index (χ3v) is 4.75. The predicted octanol–water partition coefficient (Wildman–Crippen LogP) is 4.51. The summed E-state index contributed by atoms with van der Waals surface area (Å²) in [6, 6.07) is 12.3. The van der Waals surface area contributed by atoms with Crippen molar-refractivity contribution in [1.82, 2.24) is 19.7 Å². The Morgan fingerprint density at radius 3 is 2.58 bits per heavy atom. The molecule has 4 rings (SSSR count). The molecule has 3 heterocycles. The Morgan fingerprint density at radius 2 is 1.88 bits per heavy atom. The number of anilines is 1. The summed E-state index contributed by atoms with van der Waals surface area (Å²) >= 11 is 0.594. The van der Waals surface area contributed by atoms with Gasteiger partial charge in [-0.25, -0.2) is 4.68 Å². The third kappa shape index (κ3) is 3.25. The Morgan fingerprint density at radius 1 is 1.08 bits per heavy atom. The van der Waals surface area contributed by atoms with E-state index < -0.39 is 11.1 Å². The standard InChI is InChI=1S/C17H12F3N5S/c18-17(19,20)13-9-12-14(21-10-11-5-2-1-3-6-11)23-16(24-15(12)26-13)25-8-4-7-22-25/h1-9H,10H2,(H,21,23,24). The van der Waals surface area contributed by atoms with Crippen LogP contribution in [0.5, 0.6) is 0 Å². The van der Waals surface area contributed by atoms with E-state index in [4.69, 9.17) is 0 Å². The molecule has 0 bridgehead atoms. The molecule has 1 aromatic carbocycles. The molecular weight excluding hydrogens is 363 g/mol. The number of fused-ring (bicyclic) bond motifs is 1. The number of aromatic nitrogens is 4. The van der Waals surface area contributed by atoms with Crippen LogP contribution < -0.4 is 5.32 Å². The van der Waals surface area contributed by atoms with E-state index in [0.717, 1.165) is 11.6 Å². The number of hydrogen-bond acceptors (Lipinski definition) is 5. The molecule has 5 nitrogen and oxygen atoms in total. The zero-order valence-electron chi connectivity index (χ0n) is 13.2. The number of nitrogens with one attached hydrogen (secondary N) is 1. The van der Waals surface area contributed by atoms with Crippen molar-refractivity contribution in [2.45, 2.75) is 12.7 Å². The number of thiophene rings is 1. The van der Waals surface area contributed by atoms with Gasteiger partial charge in [0.25, 0.3) is 5.95 Å². The molecule has 132 valence electrons. The van der Waals surface area contributed by atoms with Gasteiger partial charge in [0.05, 0.1) is 5.39 Å². The van der Waals surface area contributed by atoms with E-state index in [-0.39, 0.29) is 10.8 Å². The van der Waals surface area contributed by atoms with Crippen LogP contribution in [-0.2, 0) is 12.7 Å². The minimum absolute atomic E-state index is 0.216. The summed E-state index contributed by atoms with van der Waals surface area (Å²) in [7, 11) is 0. The Hall–Kier alpha value is -2.94. The molecule has 0 atom stereocenters. The summed E-state index contributed by atoms with van der Waals surface area (Å²) in [5, 5.41) is 7.51. The minimum atomic E-state index is -4.42. The van der Waals surface area contributed by atoms with E-state index in [0.29, 0.717) is 29.1 Å². The van der Waals surface area contributed by atoms with Gasteiger partial charge < -0.3 is 5.32 Å². The average Bonchev–Trinajstić information content (AvgIpc) is 3.29. The lowest BCUT2D eigenvalue weighted by Crippen LogP contribution is -2.07. The number of hydrogen-bond donors (Lipinski definition) is 1. The first-order chi connectivity index (χ1) is 12.5. The molecule has 0 spiro atoms. The lowest BCUT2D eigenvalue weighted by atomic mass is 10.2. The highest BCUT2D eigenvalue weighted by Gasteiger charge is 2.33. The lowest BCUT2D eigenvalue weighted by Gasteiger charge is -2.09. The molecule has 0 amide bonds. The highest BCUT2D eigenvalue weighted by atomic mass is 32.1. The van der Waals surface area contributed by atoms with Crippen LogP contribution in [-0.4, -0.2) is 19.7 Å². The van der Waals surface area contributed by atoms with E-state index in [1.54, 1.807) is 18.5 Å². The van der Waals surface area contributed by atoms with Crippen molar-refractivity contribution in [3.63, 3.8) is 0 Å². The van der Waals surface area contributed by atoms with E-state index in [1.807, 2.05) is 30.3 Å². The van der Waals surface area contributed by atoms with Crippen molar-refractivity contribution in [1.29, 1.82) is 0 Å². The van der Waals surface area contributed by atoms with Crippen molar-refractivity contribution in [3.8, 4) is 5.95 Å². The van der Waals surface area contributed by atoms with Gasteiger partial charge in [-0.05, 0) is 17.7 Å². The number of alkyl halides is 3. The fourth-order valence-electron chi connectivity index (χ4n) is 2.46. The van der Waals surface area contributed by atoms with Gasteiger partial charge in [0.1, 0.15) is 15.5 Å². The molecule has 1 N–H and O–H groups in total. The number of benzene rings is 1. The minimum Gasteiger partial charge on any atom is -0.365 e. The van der Waals surface area contributed by atoms with Crippen LogP contribution in [0.15, 0.2) is 54.9 Å². The number of halogens is 3. The maximum absolute atomic E-state index is 13.1. The Balaban J connectivity index is 1.78. The smallest absolute Gasteiger partial charge is 0.365 e. The largest absolute Gasteiger partial charge is 0.425 e. The summed E-state index contributed by atoms with van der Waals surface area (Å²) in [5.74, 6) is 0.560. The monoisotopic (exact) mass is 375 g/mol. The Labute approximate surface area is 150 Å². The van der Waals surface area contributed by atoms with Crippen molar-refractivity contribution < 1.29 is 13.2 Å². The SMILES string of the molecule is FC(F)(F)c1cc2c(NCc3ccccc3)nc(-n3cccn3)nc2s1. The summed E-state index contributed by atoms with van der Waals surface area (Å²) in [4.78, 5) is 8.16. The van der Waals surface area contributed by atoms with E-state index in [1.165, 1.54) is 4.68 Å². The Bertz CT molecular complexity index is 1030. The molecule has 0 radical (unpaired) electrons. The van der Waals surface area contributed by atoms with Gasteiger partial charge in [-0.1, -0.05) is 30.3 Å². The van der Waals surface area contributed by atoms with Crippen molar-refractivity contribution in [2.24, 2.45) is 0 Å². The molecule has 9 heteroatoms. The number of nitrogens with zero attached hydrogens (tertiary/aromatic N) is 4.